The maximum Gasteiger partial charge on any atom is 0.120 e. The lowest BCUT2D eigenvalue weighted by atomic mass is 10.1. The lowest BCUT2D eigenvalue weighted by molar-refractivity contribution is 0.464. The van der Waals surface area contributed by atoms with Gasteiger partial charge in [-0.05, 0) is 26.0 Å². The van der Waals surface area contributed by atoms with Crippen LogP contribution in [0.25, 0.3) is 0 Å². The molecule has 0 aliphatic carbocycles. The summed E-state index contributed by atoms with van der Waals surface area (Å²) in [6.45, 7) is 3.59. The van der Waals surface area contributed by atoms with Gasteiger partial charge in [-0.1, -0.05) is 17.7 Å². The predicted molar refractivity (Wildman–Crippen MR) is 62.6 cm³/mol. The van der Waals surface area contributed by atoms with Crippen molar-refractivity contribution in [1.82, 2.24) is 5.32 Å². The van der Waals surface area contributed by atoms with Crippen LogP contribution in [-0.2, 0) is 6.54 Å². The summed E-state index contributed by atoms with van der Waals surface area (Å²) >= 11 is 0. The number of hydrogen-bond acceptors (Lipinski definition) is 2. The SMILES string of the molecule is C#CCCCNCc1cc(C)ccc1O. The first kappa shape index (κ1) is 11.6. The van der Waals surface area contributed by atoms with E-state index in [0.717, 1.165) is 30.5 Å². The number of phenols is 1. The number of aryl methyl sites for hydroxylation is 1. The fourth-order valence-corrected chi connectivity index (χ4v) is 1.39. The van der Waals surface area contributed by atoms with Crippen LogP contribution in [0, 0.1) is 19.3 Å². The lowest BCUT2D eigenvalue weighted by Gasteiger charge is -2.06. The van der Waals surface area contributed by atoms with Gasteiger partial charge in [0.25, 0.3) is 0 Å². The third-order valence-corrected chi connectivity index (χ3v) is 2.23. The van der Waals surface area contributed by atoms with Gasteiger partial charge in [-0.15, -0.1) is 12.3 Å². The van der Waals surface area contributed by atoms with Gasteiger partial charge < -0.3 is 10.4 Å². The highest BCUT2D eigenvalue weighted by atomic mass is 16.3. The zero-order valence-electron chi connectivity index (χ0n) is 9.09. The molecule has 0 heterocycles. The smallest absolute Gasteiger partial charge is 0.120 e. The van der Waals surface area contributed by atoms with Crippen molar-refractivity contribution in [3.8, 4) is 18.1 Å². The van der Waals surface area contributed by atoms with E-state index >= 15 is 0 Å². The molecule has 1 aromatic carbocycles. The van der Waals surface area contributed by atoms with Crippen molar-refractivity contribution in [1.29, 1.82) is 0 Å². The molecule has 0 aliphatic rings. The molecular formula is C13H17NO. The van der Waals surface area contributed by atoms with Crippen LogP contribution in [0.2, 0.25) is 0 Å². The average Bonchev–Trinajstić information content (AvgIpc) is 2.23. The molecule has 0 radical (unpaired) electrons. The maximum absolute atomic E-state index is 9.57. The molecule has 0 aromatic heterocycles. The summed E-state index contributed by atoms with van der Waals surface area (Å²) < 4.78 is 0. The highest BCUT2D eigenvalue weighted by molar-refractivity contribution is 5.35. The monoisotopic (exact) mass is 203 g/mol. The highest BCUT2D eigenvalue weighted by Gasteiger charge is 1.99. The molecule has 80 valence electrons. The zero-order valence-corrected chi connectivity index (χ0v) is 9.09. The Morgan fingerprint density at radius 1 is 1.47 bits per heavy atom. The van der Waals surface area contributed by atoms with E-state index in [0.29, 0.717) is 12.3 Å². The van der Waals surface area contributed by atoms with Gasteiger partial charge in [0.1, 0.15) is 5.75 Å². The van der Waals surface area contributed by atoms with Crippen LogP contribution >= 0.6 is 0 Å². The van der Waals surface area contributed by atoms with Gasteiger partial charge in [-0.25, -0.2) is 0 Å². The van der Waals surface area contributed by atoms with E-state index in [1.54, 1.807) is 6.07 Å². The molecule has 15 heavy (non-hydrogen) atoms. The number of benzene rings is 1. The van der Waals surface area contributed by atoms with E-state index in [1.807, 2.05) is 19.1 Å². The number of phenolic OH excluding ortho intramolecular Hbond substituents is 1. The van der Waals surface area contributed by atoms with Gasteiger partial charge in [0.2, 0.25) is 0 Å². The minimum Gasteiger partial charge on any atom is -0.508 e. The Labute approximate surface area is 91.3 Å². The van der Waals surface area contributed by atoms with Crippen LogP contribution in [0.4, 0.5) is 0 Å². The minimum atomic E-state index is 0.352. The molecule has 2 nitrogen and oxygen atoms in total. The molecule has 0 saturated carbocycles. The Morgan fingerprint density at radius 2 is 2.27 bits per heavy atom. The van der Waals surface area contributed by atoms with Crippen LogP contribution in [0.1, 0.15) is 24.0 Å². The van der Waals surface area contributed by atoms with E-state index in [9.17, 15) is 5.11 Å². The molecule has 1 rings (SSSR count). The first-order valence-electron chi connectivity index (χ1n) is 5.16. The summed E-state index contributed by atoms with van der Waals surface area (Å²) in [4.78, 5) is 0. The van der Waals surface area contributed by atoms with Gasteiger partial charge in [0.05, 0.1) is 0 Å². The van der Waals surface area contributed by atoms with Crippen molar-refractivity contribution in [3.05, 3.63) is 29.3 Å². The summed E-state index contributed by atoms with van der Waals surface area (Å²) in [7, 11) is 0. The number of rotatable bonds is 5. The van der Waals surface area contributed by atoms with Crippen LogP contribution in [0.15, 0.2) is 18.2 Å². The normalized spacial score (nSPS) is 9.87. The van der Waals surface area contributed by atoms with E-state index in [-0.39, 0.29) is 0 Å². The fourth-order valence-electron chi connectivity index (χ4n) is 1.39. The molecule has 0 bridgehead atoms. The first-order valence-corrected chi connectivity index (χ1v) is 5.16. The largest absolute Gasteiger partial charge is 0.508 e. The van der Waals surface area contributed by atoms with Crippen LogP contribution in [0.5, 0.6) is 5.75 Å². The number of aromatic hydroxyl groups is 1. The quantitative estimate of drug-likeness (QED) is 0.568. The van der Waals surface area contributed by atoms with Crippen molar-refractivity contribution in [3.63, 3.8) is 0 Å². The van der Waals surface area contributed by atoms with Crippen LogP contribution < -0.4 is 5.32 Å². The Morgan fingerprint density at radius 3 is 3.00 bits per heavy atom. The number of hydrogen-bond donors (Lipinski definition) is 2. The van der Waals surface area contributed by atoms with E-state index in [4.69, 9.17) is 6.42 Å². The molecule has 2 N–H and O–H groups in total. The predicted octanol–water partition coefficient (Wildman–Crippen LogP) is 2.20. The Kier molecular flexibility index (Phi) is 4.73. The Hall–Kier alpha value is -1.46. The minimum absolute atomic E-state index is 0.352. The van der Waals surface area contributed by atoms with E-state index in [1.165, 1.54) is 0 Å². The second-order valence-electron chi connectivity index (χ2n) is 3.62. The van der Waals surface area contributed by atoms with Gasteiger partial charge in [0.15, 0.2) is 0 Å². The van der Waals surface area contributed by atoms with Crippen molar-refractivity contribution in [2.45, 2.75) is 26.3 Å². The average molecular weight is 203 g/mol. The summed E-state index contributed by atoms with van der Waals surface area (Å²) in [5, 5.41) is 12.8. The summed E-state index contributed by atoms with van der Waals surface area (Å²) in [5.74, 6) is 2.95. The second kappa shape index (κ2) is 6.10. The summed E-state index contributed by atoms with van der Waals surface area (Å²) in [5.41, 5.74) is 2.10. The zero-order chi connectivity index (χ0) is 11.1. The Balaban J connectivity index is 2.37. The fraction of sp³-hybridized carbons (Fsp3) is 0.385. The van der Waals surface area contributed by atoms with Crippen LogP contribution in [-0.4, -0.2) is 11.7 Å². The van der Waals surface area contributed by atoms with Crippen molar-refractivity contribution < 1.29 is 5.11 Å². The molecule has 0 amide bonds. The van der Waals surface area contributed by atoms with Gasteiger partial charge in [-0.2, -0.15) is 0 Å². The van der Waals surface area contributed by atoms with Crippen LogP contribution in [0.3, 0.4) is 0 Å². The number of terminal acetylenes is 1. The topological polar surface area (TPSA) is 32.3 Å². The molecule has 1 aromatic rings. The number of nitrogens with one attached hydrogen (secondary N) is 1. The Bertz CT molecular complexity index is 352. The molecule has 0 spiro atoms. The first-order chi connectivity index (χ1) is 7.24. The highest BCUT2D eigenvalue weighted by Crippen LogP contribution is 2.17. The molecule has 2 heteroatoms. The van der Waals surface area contributed by atoms with Crippen molar-refractivity contribution in [2.75, 3.05) is 6.54 Å². The standard InChI is InChI=1S/C13H17NO/c1-3-4-5-8-14-10-12-9-11(2)6-7-13(12)15/h1,6-7,9,14-15H,4-5,8,10H2,2H3. The van der Waals surface area contributed by atoms with E-state index < -0.39 is 0 Å². The molecule has 0 fully saturated rings. The lowest BCUT2D eigenvalue weighted by Crippen LogP contribution is -2.14. The molecule has 0 unspecified atom stereocenters. The maximum atomic E-state index is 9.57. The van der Waals surface area contributed by atoms with Gasteiger partial charge >= 0.3 is 0 Å². The van der Waals surface area contributed by atoms with Crippen molar-refractivity contribution >= 4 is 0 Å². The second-order valence-corrected chi connectivity index (χ2v) is 3.62. The van der Waals surface area contributed by atoms with Gasteiger partial charge in [-0.3, -0.25) is 0 Å². The molecular weight excluding hydrogens is 186 g/mol. The third-order valence-electron chi connectivity index (χ3n) is 2.23. The summed E-state index contributed by atoms with van der Waals surface area (Å²) in [6.07, 6.45) is 6.92. The van der Waals surface area contributed by atoms with E-state index in [2.05, 4.69) is 11.2 Å². The molecule has 0 saturated heterocycles. The van der Waals surface area contributed by atoms with Gasteiger partial charge in [0, 0.05) is 18.5 Å². The molecule has 0 aliphatic heterocycles. The third kappa shape index (κ3) is 4.05. The van der Waals surface area contributed by atoms with Crippen molar-refractivity contribution in [2.24, 2.45) is 0 Å². The molecule has 0 atom stereocenters. The summed E-state index contributed by atoms with van der Waals surface area (Å²) in [6, 6.07) is 5.62. The number of unbranched alkanes of at least 4 members (excludes halogenated alkanes) is 1.